The third-order valence-corrected chi connectivity index (χ3v) is 3.35. The molecule has 5 heteroatoms. The molecule has 18 heavy (non-hydrogen) atoms. The van der Waals surface area contributed by atoms with Gasteiger partial charge in [-0.05, 0) is 24.6 Å². The van der Waals surface area contributed by atoms with Gasteiger partial charge in [-0.1, -0.05) is 23.7 Å². The predicted molar refractivity (Wildman–Crippen MR) is 70.3 cm³/mol. The average Bonchev–Trinajstić information content (AvgIpc) is 2.34. The molecule has 98 valence electrons. The Morgan fingerprint density at radius 2 is 2.33 bits per heavy atom. The van der Waals surface area contributed by atoms with Crippen LogP contribution in [0.3, 0.4) is 0 Å². The fourth-order valence-corrected chi connectivity index (χ4v) is 2.20. The SMILES string of the molecule is CC1(CN)CN(Cc2cccc(Cl)c2)C(=O)CO1. The molecule has 1 aromatic carbocycles. The van der Waals surface area contributed by atoms with Crippen molar-refractivity contribution in [2.75, 3.05) is 19.7 Å². The Balaban J connectivity index is 2.09. The van der Waals surface area contributed by atoms with Gasteiger partial charge in [0.1, 0.15) is 6.61 Å². The van der Waals surface area contributed by atoms with E-state index in [1.54, 1.807) is 4.90 Å². The first-order valence-electron chi connectivity index (χ1n) is 5.89. The van der Waals surface area contributed by atoms with E-state index >= 15 is 0 Å². The monoisotopic (exact) mass is 268 g/mol. The van der Waals surface area contributed by atoms with Crippen LogP contribution in [-0.2, 0) is 16.1 Å². The zero-order valence-corrected chi connectivity index (χ0v) is 11.1. The molecule has 1 saturated heterocycles. The van der Waals surface area contributed by atoms with E-state index < -0.39 is 5.60 Å². The molecule has 0 aromatic heterocycles. The summed E-state index contributed by atoms with van der Waals surface area (Å²) in [7, 11) is 0. The van der Waals surface area contributed by atoms with Crippen molar-refractivity contribution in [2.45, 2.75) is 19.1 Å². The second-order valence-corrected chi connectivity index (χ2v) is 5.26. The topological polar surface area (TPSA) is 55.6 Å². The molecule has 2 rings (SSSR count). The van der Waals surface area contributed by atoms with Gasteiger partial charge in [0.05, 0.1) is 12.1 Å². The summed E-state index contributed by atoms with van der Waals surface area (Å²) >= 11 is 5.93. The summed E-state index contributed by atoms with van der Waals surface area (Å²) < 4.78 is 5.48. The van der Waals surface area contributed by atoms with Crippen LogP contribution >= 0.6 is 11.6 Å². The fraction of sp³-hybridized carbons (Fsp3) is 0.462. The molecule has 4 nitrogen and oxygen atoms in total. The van der Waals surface area contributed by atoms with Crippen LogP contribution in [0.1, 0.15) is 12.5 Å². The number of ether oxygens (including phenoxy) is 1. The number of nitrogens with two attached hydrogens (primary N) is 1. The Kier molecular flexibility index (Phi) is 3.90. The second-order valence-electron chi connectivity index (χ2n) is 4.82. The Hall–Kier alpha value is -1.10. The van der Waals surface area contributed by atoms with E-state index in [4.69, 9.17) is 22.1 Å². The molecule has 1 atom stereocenters. The summed E-state index contributed by atoms with van der Waals surface area (Å²) in [6.45, 7) is 3.46. The van der Waals surface area contributed by atoms with Crippen LogP contribution in [-0.4, -0.2) is 36.1 Å². The predicted octanol–water partition coefficient (Wildman–Crippen LogP) is 1.42. The van der Waals surface area contributed by atoms with Crippen molar-refractivity contribution >= 4 is 17.5 Å². The quantitative estimate of drug-likeness (QED) is 0.902. The summed E-state index contributed by atoms with van der Waals surface area (Å²) in [4.78, 5) is 13.6. The number of hydrogen-bond donors (Lipinski definition) is 1. The van der Waals surface area contributed by atoms with Crippen molar-refractivity contribution in [3.8, 4) is 0 Å². The van der Waals surface area contributed by atoms with Gasteiger partial charge in [0.15, 0.2) is 0 Å². The number of carbonyl (C=O) groups is 1. The molecule has 2 N–H and O–H groups in total. The first kappa shape index (κ1) is 13.3. The van der Waals surface area contributed by atoms with Crippen molar-refractivity contribution in [1.29, 1.82) is 0 Å². The maximum atomic E-state index is 11.8. The summed E-state index contributed by atoms with van der Waals surface area (Å²) in [5, 5.41) is 0.676. The van der Waals surface area contributed by atoms with Gasteiger partial charge in [0.2, 0.25) is 5.91 Å². The van der Waals surface area contributed by atoms with Gasteiger partial charge >= 0.3 is 0 Å². The van der Waals surface area contributed by atoms with Gasteiger partial charge in [0.25, 0.3) is 0 Å². The molecular formula is C13H17ClN2O2. The highest BCUT2D eigenvalue weighted by Gasteiger charge is 2.34. The molecule has 1 aliphatic rings. The summed E-state index contributed by atoms with van der Waals surface area (Å²) in [6, 6.07) is 7.51. The van der Waals surface area contributed by atoms with Crippen LogP contribution in [0.25, 0.3) is 0 Å². The van der Waals surface area contributed by atoms with Gasteiger partial charge in [-0.2, -0.15) is 0 Å². The van der Waals surface area contributed by atoms with Crippen molar-refractivity contribution < 1.29 is 9.53 Å². The van der Waals surface area contributed by atoms with E-state index in [2.05, 4.69) is 0 Å². The van der Waals surface area contributed by atoms with Crippen molar-refractivity contribution in [3.63, 3.8) is 0 Å². The summed E-state index contributed by atoms with van der Waals surface area (Å²) in [5.41, 5.74) is 6.24. The Morgan fingerprint density at radius 1 is 1.56 bits per heavy atom. The van der Waals surface area contributed by atoms with Crippen LogP contribution in [0.5, 0.6) is 0 Å². The van der Waals surface area contributed by atoms with Crippen LogP contribution in [0, 0.1) is 0 Å². The molecule has 0 bridgehead atoms. The number of hydrogen-bond acceptors (Lipinski definition) is 3. The molecule has 1 heterocycles. The third-order valence-electron chi connectivity index (χ3n) is 3.12. The summed E-state index contributed by atoms with van der Waals surface area (Å²) in [5.74, 6) is -0.0131. The van der Waals surface area contributed by atoms with Gasteiger partial charge in [0, 0.05) is 18.1 Å². The maximum Gasteiger partial charge on any atom is 0.249 e. The van der Waals surface area contributed by atoms with E-state index in [1.807, 2.05) is 31.2 Å². The first-order valence-corrected chi connectivity index (χ1v) is 6.26. The highest BCUT2D eigenvalue weighted by Crippen LogP contribution is 2.20. The second kappa shape index (κ2) is 5.26. The number of benzene rings is 1. The number of amides is 1. The molecule has 0 radical (unpaired) electrons. The van der Waals surface area contributed by atoms with E-state index in [9.17, 15) is 4.79 Å². The molecule has 1 aliphatic heterocycles. The lowest BCUT2D eigenvalue weighted by Gasteiger charge is -2.39. The van der Waals surface area contributed by atoms with Crippen LogP contribution in [0.15, 0.2) is 24.3 Å². The van der Waals surface area contributed by atoms with Gasteiger partial charge in [-0.3, -0.25) is 4.79 Å². The molecular weight excluding hydrogens is 252 g/mol. The number of nitrogens with zero attached hydrogens (tertiary/aromatic N) is 1. The average molecular weight is 269 g/mol. The van der Waals surface area contributed by atoms with Crippen LogP contribution in [0.4, 0.5) is 0 Å². The lowest BCUT2D eigenvalue weighted by atomic mass is 10.0. The third kappa shape index (κ3) is 3.02. The Labute approximate surface area is 112 Å². The van der Waals surface area contributed by atoms with Crippen LogP contribution in [0.2, 0.25) is 5.02 Å². The molecule has 0 aliphatic carbocycles. The minimum absolute atomic E-state index is 0.0131. The van der Waals surface area contributed by atoms with Gasteiger partial charge in [-0.15, -0.1) is 0 Å². The highest BCUT2D eigenvalue weighted by atomic mass is 35.5. The fourth-order valence-electron chi connectivity index (χ4n) is 1.99. The largest absolute Gasteiger partial charge is 0.362 e. The highest BCUT2D eigenvalue weighted by molar-refractivity contribution is 6.30. The smallest absolute Gasteiger partial charge is 0.249 e. The van der Waals surface area contributed by atoms with Crippen LogP contribution < -0.4 is 5.73 Å². The van der Waals surface area contributed by atoms with E-state index in [1.165, 1.54) is 0 Å². The maximum absolute atomic E-state index is 11.8. The number of carbonyl (C=O) groups excluding carboxylic acids is 1. The minimum atomic E-state index is -0.452. The number of halogens is 1. The Morgan fingerprint density at radius 3 is 3.00 bits per heavy atom. The number of rotatable bonds is 3. The normalized spacial score (nSPS) is 24.4. The van der Waals surface area contributed by atoms with Gasteiger partial charge in [-0.25, -0.2) is 0 Å². The lowest BCUT2D eigenvalue weighted by molar-refractivity contribution is -0.160. The first-order chi connectivity index (χ1) is 8.52. The summed E-state index contributed by atoms with van der Waals surface area (Å²) in [6.07, 6.45) is 0. The zero-order valence-electron chi connectivity index (χ0n) is 10.4. The molecule has 1 aromatic rings. The molecule has 0 saturated carbocycles. The molecule has 1 amide bonds. The van der Waals surface area contributed by atoms with Crippen molar-refractivity contribution in [3.05, 3.63) is 34.9 Å². The van der Waals surface area contributed by atoms with E-state index in [-0.39, 0.29) is 12.5 Å². The lowest BCUT2D eigenvalue weighted by Crippen LogP contribution is -2.56. The molecule has 1 unspecified atom stereocenters. The van der Waals surface area contributed by atoms with Gasteiger partial charge < -0.3 is 15.4 Å². The van der Waals surface area contributed by atoms with E-state index in [0.29, 0.717) is 24.7 Å². The standard InChI is InChI=1S/C13H17ClN2O2/c1-13(8-15)9-16(12(17)7-18-13)6-10-3-2-4-11(14)5-10/h2-5H,6-9,15H2,1H3. The molecule has 0 spiro atoms. The van der Waals surface area contributed by atoms with E-state index in [0.717, 1.165) is 5.56 Å². The Bertz CT molecular complexity index is 452. The zero-order chi connectivity index (χ0) is 13.2. The van der Waals surface area contributed by atoms with Crippen molar-refractivity contribution in [1.82, 2.24) is 4.90 Å². The van der Waals surface area contributed by atoms with Crippen molar-refractivity contribution in [2.24, 2.45) is 5.73 Å². The number of morpholine rings is 1. The minimum Gasteiger partial charge on any atom is -0.362 e. The molecule has 1 fully saturated rings.